The molecule has 0 aliphatic rings. The summed E-state index contributed by atoms with van der Waals surface area (Å²) >= 11 is 0. The van der Waals surface area contributed by atoms with Gasteiger partial charge in [0.05, 0.1) is 0 Å². The van der Waals surface area contributed by atoms with Crippen LogP contribution < -0.4 is 10.6 Å². The van der Waals surface area contributed by atoms with Crippen molar-refractivity contribution in [3.63, 3.8) is 0 Å². The minimum atomic E-state index is -0.0971. The monoisotopic (exact) mass is 294 g/mol. The third-order valence-corrected chi connectivity index (χ3v) is 3.11. The van der Waals surface area contributed by atoms with Gasteiger partial charge in [-0.2, -0.15) is 0 Å². The van der Waals surface area contributed by atoms with Gasteiger partial charge in [0.15, 0.2) is 0 Å². The number of benzene rings is 2. The summed E-state index contributed by atoms with van der Waals surface area (Å²) in [7, 11) is 0. The van der Waals surface area contributed by atoms with Crippen LogP contribution >= 0.6 is 0 Å². The third kappa shape index (κ3) is 4.06. The standard InChI is InChI=1S/C18H18N2O2/c1-12(15-4-8-17(9-5-15)19-13(2)21)16-6-10-18(11-7-16)20-14(3)22/h4-11H,1H2,2-3H3,(H,19,21)(H,20,22). The first-order valence-corrected chi connectivity index (χ1v) is 6.90. The molecule has 2 amide bonds. The Morgan fingerprint density at radius 3 is 1.32 bits per heavy atom. The quantitative estimate of drug-likeness (QED) is 0.904. The summed E-state index contributed by atoms with van der Waals surface area (Å²) in [5, 5.41) is 5.46. The molecule has 0 spiro atoms. The molecule has 0 aliphatic heterocycles. The number of rotatable bonds is 4. The van der Waals surface area contributed by atoms with Crippen molar-refractivity contribution < 1.29 is 9.59 Å². The third-order valence-electron chi connectivity index (χ3n) is 3.11. The van der Waals surface area contributed by atoms with Gasteiger partial charge in [-0.25, -0.2) is 0 Å². The van der Waals surface area contributed by atoms with E-state index < -0.39 is 0 Å². The Morgan fingerprint density at radius 1 is 0.727 bits per heavy atom. The molecule has 2 aromatic rings. The second kappa shape index (κ2) is 6.72. The van der Waals surface area contributed by atoms with E-state index >= 15 is 0 Å². The Balaban J connectivity index is 2.13. The first-order chi connectivity index (χ1) is 10.5. The summed E-state index contributed by atoms with van der Waals surface area (Å²) < 4.78 is 0. The molecule has 0 aromatic heterocycles. The van der Waals surface area contributed by atoms with E-state index in [-0.39, 0.29) is 11.8 Å². The second-order valence-electron chi connectivity index (χ2n) is 5.00. The van der Waals surface area contributed by atoms with Crippen LogP contribution in [0.3, 0.4) is 0 Å². The lowest BCUT2D eigenvalue weighted by Crippen LogP contribution is -2.05. The molecule has 2 aromatic carbocycles. The minimum absolute atomic E-state index is 0.0971. The fourth-order valence-electron chi connectivity index (χ4n) is 2.08. The fourth-order valence-corrected chi connectivity index (χ4v) is 2.08. The van der Waals surface area contributed by atoms with Crippen molar-refractivity contribution in [2.24, 2.45) is 0 Å². The summed E-state index contributed by atoms with van der Waals surface area (Å²) in [6, 6.07) is 15.0. The van der Waals surface area contributed by atoms with Crippen LogP contribution in [-0.4, -0.2) is 11.8 Å². The number of amides is 2. The van der Waals surface area contributed by atoms with E-state index in [9.17, 15) is 9.59 Å². The van der Waals surface area contributed by atoms with Crippen LogP contribution in [-0.2, 0) is 9.59 Å². The Morgan fingerprint density at radius 2 is 1.05 bits per heavy atom. The van der Waals surface area contributed by atoms with Crippen molar-refractivity contribution in [3.8, 4) is 0 Å². The van der Waals surface area contributed by atoms with Crippen LogP contribution in [0.1, 0.15) is 25.0 Å². The van der Waals surface area contributed by atoms with E-state index in [0.717, 1.165) is 28.1 Å². The number of hydrogen-bond donors (Lipinski definition) is 2. The Kier molecular flexibility index (Phi) is 4.73. The lowest BCUT2D eigenvalue weighted by molar-refractivity contribution is -0.115. The molecular weight excluding hydrogens is 276 g/mol. The molecular formula is C18H18N2O2. The predicted molar refractivity (Wildman–Crippen MR) is 89.6 cm³/mol. The van der Waals surface area contributed by atoms with Gasteiger partial charge in [-0.3, -0.25) is 9.59 Å². The highest BCUT2D eigenvalue weighted by Gasteiger charge is 2.04. The molecule has 0 saturated carbocycles. The van der Waals surface area contributed by atoms with Crippen LogP contribution in [0.5, 0.6) is 0 Å². The average molecular weight is 294 g/mol. The van der Waals surface area contributed by atoms with Crippen LogP contribution in [0.25, 0.3) is 5.57 Å². The average Bonchev–Trinajstić information content (AvgIpc) is 2.47. The Bertz CT molecular complexity index is 639. The van der Waals surface area contributed by atoms with Crippen molar-refractivity contribution >= 4 is 28.8 Å². The van der Waals surface area contributed by atoms with Gasteiger partial charge in [-0.1, -0.05) is 30.8 Å². The van der Waals surface area contributed by atoms with E-state index in [1.165, 1.54) is 13.8 Å². The minimum Gasteiger partial charge on any atom is -0.326 e. The molecule has 4 nitrogen and oxygen atoms in total. The summed E-state index contributed by atoms with van der Waals surface area (Å²) in [4.78, 5) is 22.0. The summed E-state index contributed by atoms with van der Waals surface area (Å²) in [6.45, 7) is 7.05. The van der Waals surface area contributed by atoms with Crippen molar-refractivity contribution in [2.75, 3.05) is 10.6 Å². The molecule has 0 atom stereocenters. The zero-order valence-corrected chi connectivity index (χ0v) is 12.6. The normalized spacial score (nSPS) is 9.91. The predicted octanol–water partition coefficient (Wildman–Crippen LogP) is 3.66. The molecule has 0 unspecified atom stereocenters. The zero-order chi connectivity index (χ0) is 16.1. The first-order valence-electron chi connectivity index (χ1n) is 6.90. The van der Waals surface area contributed by atoms with Crippen LogP contribution in [0.2, 0.25) is 0 Å². The molecule has 0 fully saturated rings. The van der Waals surface area contributed by atoms with Gasteiger partial charge in [-0.15, -0.1) is 0 Å². The van der Waals surface area contributed by atoms with Gasteiger partial charge in [0.25, 0.3) is 0 Å². The highest BCUT2D eigenvalue weighted by atomic mass is 16.2. The fraction of sp³-hybridized carbons (Fsp3) is 0.111. The van der Waals surface area contributed by atoms with Crippen molar-refractivity contribution in [1.82, 2.24) is 0 Å². The number of carbonyl (C=O) groups excluding carboxylic acids is 2. The lowest BCUT2D eigenvalue weighted by Gasteiger charge is -2.09. The maximum absolute atomic E-state index is 11.0. The van der Waals surface area contributed by atoms with E-state index in [1.807, 2.05) is 48.5 Å². The summed E-state index contributed by atoms with van der Waals surface area (Å²) in [5.41, 5.74) is 4.33. The van der Waals surface area contributed by atoms with Gasteiger partial charge < -0.3 is 10.6 Å². The van der Waals surface area contributed by atoms with Crippen LogP contribution in [0, 0.1) is 0 Å². The smallest absolute Gasteiger partial charge is 0.221 e. The van der Waals surface area contributed by atoms with Crippen molar-refractivity contribution in [1.29, 1.82) is 0 Å². The number of nitrogens with one attached hydrogen (secondary N) is 2. The topological polar surface area (TPSA) is 58.2 Å². The van der Waals surface area contributed by atoms with Gasteiger partial charge in [-0.05, 0) is 41.0 Å². The SMILES string of the molecule is C=C(c1ccc(NC(C)=O)cc1)c1ccc(NC(C)=O)cc1. The molecule has 0 bridgehead atoms. The van der Waals surface area contributed by atoms with Gasteiger partial charge in [0.2, 0.25) is 11.8 Å². The highest BCUT2D eigenvalue weighted by Crippen LogP contribution is 2.24. The van der Waals surface area contributed by atoms with Gasteiger partial charge in [0.1, 0.15) is 0 Å². The molecule has 0 saturated heterocycles. The molecule has 2 N–H and O–H groups in total. The summed E-state index contributed by atoms with van der Waals surface area (Å²) in [6.07, 6.45) is 0. The van der Waals surface area contributed by atoms with Crippen molar-refractivity contribution in [2.45, 2.75) is 13.8 Å². The molecule has 112 valence electrons. The molecule has 0 aliphatic carbocycles. The van der Waals surface area contributed by atoms with Crippen LogP contribution in [0.4, 0.5) is 11.4 Å². The van der Waals surface area contributed by atoms with Crippen molar-refractivity contribution in [3.05, 3.63) is 66.2 Å². The van der Waals surface area contributed by atoms with E-state index in [0.29, 0.717) is 0 Å². The molecule has 0 heterocycles. The maximum Gasteiger partial charge on any atom is 0.221 e. The van der Waals surface area contributed by atoms with E-state index in [4.69, 9.17) is 0 Å². The van der Waals surface area contributed by atoms with Crippen LogP contribution in [0.15, 0.2) is 55.1 Å². The molecule has 2 rings (SSSR count). The highest BCUT2D eigenvalue weighted by molar-refractivity contribution is 5.90. The van der Waals surface area contributed by atoms with E-state index in [1.54, 1.807) is 0 Å². The molecule has 4 heteroatoms. The summed E-state index contributed by atoms with van der Waals surface area (Å²) in [5.74, 6) is -0.194. The number of carbonyl (C=O) groups is 2. The van der Waals surface area contributed by atoms with Gasteiger partial charge in [0, 0.05) is 25.2 Å². The van der Waals surface area contributed by atoms with E-state index in [2.05, 4.69) is 17.2 Å². The maximum atomic E-state index is 11.0. The molecule has 0 radical (unpaired) electrons. The zero-order valence-electron chi connectivity index (χ0n) is 12.6. The molecule has 22 heavy (non-hydrogen) atoms. The first kappa shape index (κ1) is 15.5. The number of hydrogen-bond acceptors (Lipinski definition) is 2. The lowest BCUT2D eigenvalue weighted by atomic mass is 9.99. The Labute approximate surface area is 129 Å². The Hall–Kier alpha value is -2.88. The number of anilines is 2. The second-order valence-corrected chi connectivity index (χ2v) is 5.00. The largest absolute Gasteiger partial charge is 0.326 e. The van der Waals surface area contributed by atoms with Gasteiger partial charge >= 0.3 is 0 Å².